The molecule has 2 fully saturated rings. The van der Waals surface area contributed by atoms with Crippen molar-refractivity contribution in [3.8, 4) is 5.75 Å². The van der Waals surface area contributed by atoms with Crippen molar-refractivity contribution in [1.29, 1.82) is 0 Å². The minimum absolute atomic E-state index is 0.142. The van der Waals surface area contributed by atoms with Gasteiger partial charge in [-0.3, -0.25) is 9.80 Å². The highest BCUT2D eigenvalue weighted by Crippen LogP contribution is 2.36. The van der Waals surface area contributed by atoms with Crippen molar-refractivity contribution in [3.05, 3.63) is 102 Å². The molecular formula is C29H33N3O3. The molecule has 0 radical (unpaired) electrons. The number of piperazine rings is 2. The van der Waals surface area contributed by atoms with Crippen LogP contribution in [-0.4, -0.2) is 77.8 Å². The number of ether oxygens (including phenoxy) is 1. The van der Waals surface area contributed by atoms with E-state index in [9.17, 15) is 9.90 Å². The summed E-state index contributed by atoms with van der Waals surface area (Å²) >= 11 is 0. The van der Waals surface area contributed by atoms with Crippen molar-refractivity contribution in [2.75, 3.05) is 39.8 Å². The van der Waals surface area contributed by atoms with E-state index >= 15 is 0 Å². The molecule has 2 saturated heterocycles. The van der Waals surface area contributed by atoms with E-state index in [1.54, 1.807) is 12.0 Å². The van der Waals surface area contributed by atoms with Crippen LogP contribution < -0.4 is 4.74 Å². The maximum absolute atomic E-state index is 11.8. The van der Waals surface area contributed by atoms with Crippen molar-refractivity contribution in [2.45, 2.75) is 24.5 Å². The SMILES string of the molecule is COc1ccccc1CN1CC(C(c2ccccc2)c2ccccc2)N2CCN(C(=O)O)C[C@H]2C1. The molecule has 35 heavy (non-hydrogen) atoms. The molecule has 0 saturated carbocycles. The third-order valence-corrected chi connectivity index (χ3v) is 7.43. The van der Waals surface area contributed by atoms with Crippen molar-refractivity contribution in [1.82, 2.24) is 14.7 Å². The molecule has 6 heteroatoms. The lowest BCUT2D eigenvalue weighted by atomic mass is 9.81. The summed E-state index contributed by atoms with van der Waals surface area (Å²) in [6, 6.07) is 30.0. The molecule has 1 amide bonds. The number of fused-ring (bicyclic) bond motifs is 1. The largest absolute Gasteiger partial charge is 0.496 e. The van der Waals surface area contributed by atoms with E-state index in [1.165, 1.54) is 11.1 Å². The van der Waals surface area contributed by atoms with E-state index in [-0.39, 0.29) is 18.0 Å². The van der Waals surface area contributed by atoms with Gasteiger partial charge in [-0.05, 0) is 17.2 Å². The summed E-state index contributed by atoms with van der Waals surface area (Å²) in [4.78, 5) is 18.4. The molecule has 3 aromatic carbocycles. The summed E-state index contributed by atoms with van der Waals surface area (Å²) in [5.74, 6) is 1.08. The lowest BCUT2D eigenvalue weighted by Gasteiger charge is -2.53. The Morgan fingerprint density at radius 2 is 1.51 bits per heavy atom. The van der Waals surface area contributed by atoms with Gasteiger partial charge in [-0.25, -0.2) is 4.79 Å². The zero-order chi connectivity index (χ0) is 24.2. The third kappa shape index (κ3) is 5.04. The minimum atomic E-state index is -0.828. The summed E-state index contributed by atoms with van der Waals surface area (Å²) in [5.41, 5.74) is 3.74. The number of rotatable bonds is 6. The number of carbonyl (C=O) groups is 1. The molecule has 0 aliphatic carbocycles. The van der Waals surface area contributed by atoms with Crippen LogP contribution in [0.25, 0.3) is 0 Å². The van der Waals surface area contributed by atoms with Crippen LogP contribution in [0, 0.1) is 0 Å². The zero-order valence-electron chi connectivity index (χ0n) is 20.2. The van der Waals surface area contributed by atoms with Crippen LogP contribution in [0.4, 0.5) is 4.79 Å². The van der Waals surface area contributed by atoms with E-state index in [1.807, 2.05) is 12.1 Å². The van der Waals surface area contributed by atoms with Crippen LogP contribution in [0.3, 0.4) is 0 Å². The topological polar surface area (TPSA) is 56.2 Å². The van der Waals surface area contributed by atoms with Gasteiger partial charge < -0.3 is 14.7 Å². The monoisotopic (exact) mass is 471 g/mol. The number of hydrogen-bond donors (Lipinski definition) is 1. The fourth-order valence-corrected chi connectivity index (χ4v) is 5.84. The lowest BCUT2D eigenvalue weighted by Crippen LogP contribution is -2.67. The van der Waals surface area contributed by atoms with Gasteiger partial charge in [-0.15, -0.1) is 0 Å². The second-order valence-electron chi connectivity index (χ2n) is 9.49. The number of carboxylic acid groups (broad SMARTS) is 1. The molecule has 1 unspecified atom stereocenters. The molecule has 0 spiro atoms. The Bertz CT molecular complexity index is 1080. The van der Waals surface area contributed by atoms with Gasteiger partial charge in [0.1, 0.15) is 5.75 Å². The summed E-state index contributed by atoms with van der Waals surface area (Å²) in [6.45, 7) is 4.33. The molecule has 6 nitrogen and oxygen atoms in total. The Morgan fingerprint density at radius 3 is 2.14 bits per heavy atom. The van der Waals surface area contributed by atoms with Crippen LogP contribution in [0.2, 0.25) is 0 Å². The van der Waals surface area contributed by atoms with E-state index in [0.29, 0.717) is 13.1 Å². The molecule has 182 valence electrons. The normalized spacial score (nSPS) is 21.0. The van der Waals surface area contributed by atoms with Gasteiger partial charge in [0.15, 0.2) is 0 Å². The first-order valence-corrected chi connectivity index (χ1v) is 12.3. The molecule has 2 aliphatic heterocycles. The first kappa shape index (κ1) is 23.4. The van der Waals surface area contributed by atoms with Crippen molar-refractivity contribution < 1.29 is 14.6 Å². The van der Waals surface area contributed by atoms with Crippen LogP contribution in [-0.2, 0) is 6.54 Å². The van der Waals surface area contributed by atoms with E-state index in [0.717, 1.165) is 37.5 Å². The first-order valence-electron chi connectivity index (χ1n) is 12.3. The Morgan fingerprint density at radius 1 is 0.886 bits per heavy atom. The fraction of sp³-hybridized carbons (Fsp3) is 0.345. The average Bonchev–Trinajstić information content (AvgIpc) is 2.90. The zero-order valence-corrected chi connectivity index (χ0v) is 20.2. The van der Waals surface area contributed by atoms with E-state index < -0.39 is 6.09 Å². The Balaban J connectivity index is 1.52. The maximum Gasteiger partial charge on any atom is 0.407 e. The van der Waals surface area contributed by atoms with Gasteiger partial charge >= 0.3 is 6.09 Å². The highest BCUT2D eigenvalue weighted by molar-refractivity contribution is 5.65. The number of methoxy groups -OCH3 is 1. The number of benzene rings is 3. The average molecular weight is 472 g/mol. The highest BCUT2D eigenvalue weighted by atomic mass is 16.5. The molecule has 3 aromatic rings. The molecule has 1 N–H and O–H groups in total. The number of hydrogen-bond acceptors (Lipinski definition) is 4. The molecular weight excluding hydrogens is 438 g/mol. The van der Waals surface area contributed by atoms with Gasteiger partial charge in [-0.1, -0.05) is 78.9 Å². The number of para-hydroxylation sites is 1. The van der Waals surface area contributed by atoms with Crippen LogP contribution >= 0.6 is 0 Å². The molecule has 0 bridgehead atoms. The van der Waals surface area contributed by atoms with E-state index in [2.05, 4.69) is 82.6 Å². The second kappa shape index (κ2) is 10.5. The van der Waals surface area contributed by atoms with Crippen LogP contribution in [0.1, 0.15) is 22.6 Å². The van der Waals surface area contributed by atoms with Gasteiger partial charge in [0, 0.05) is 62.8 Å². The molecule has 2 heterocycles. The Hall–Kier alpha value is -3.35. The minimum Gasteiger partial charge on any atom is -0.496 e. The van der Waals surface area contributed by atoms with Crippen LogP contribution in [0.15, 0.2) is 84.9 Å². The second-order valence-corrected chi connectivity index (χ2v) is 9.49. The van der Waals surface area contributed by atoms with Crippen LogP contribution in [0.5, 0.6) is 5.75 Å². The Labute approximate surface area is 207 Å². The Kier molecular flexibility index (Phi) is 7.02. The fourth-order valence-electron chi connectivity index (χ4n) is 5.84. The van der Waals surface area contributed by atoms with Gasteiger partial charge in [0.25, 0.3) is 0 Å². The lowest BCUT2D eigenvalue weighted by molar-refractivity contribution is -0.0294. The molecule has 0 aromatic heterocycles. The summed E-state index contributed by atoms with van der Waals surface area (Å²) in [5, 5.41) is 9.71. The van der Waals surface area contributed by atoms with Gasteiger partial charge in [0.05, 0.1) is 7.11 Å². The predicted octanol–water partition coefficient (Wildman–Crippen LogP) is 4.38. The van der Waals surface area contributed by atoms with E-state index in [4.69, 9.17) is 4.74 Å². The first-order chi connectivity index (χ1) is 17.1. The van der Waals surface area contributed by atoms with Crippen molar-refractivity contribution in [3.63, 3.8) is 0 Å². The highest BCUT2D eigenvalue weighted by Gasteiger charge is 2.43. The quantitative estimate of drug-likeness (QED) is 0.578. The van der Waals surface area contributed by atoms with Gasteiger partial charge in [0.2, 0.25) is 0 Å². The predicted molar refractivity (Wildman–Crippen MR) is 137 cm³/mol. The maximum atomic E-state index is 11.8. The number of amides is 1. The van der Waals surface area contributed by atoms with Crippen molar-refractivity contribution >= 4 is 6.09 Å². The molecule has 2 aliphatic rings. The van der Waals surface area contributed by atoms with Gasteiger partial charge in [-0.2, -0.15) is 0 Å². The molecule has 5 rings (SSSR count). The third-order valence-electron chi connectivity index (χ3n) is 7.43. The standard InChI is InChI=1S/C29H33N3O3/c1-35-27-15-9-8-14-24(27)18-30-19-25-20-31(29(33)34)16-17-32(25)26(21-30)28(22-10-4-2-5-11-22)23-12-6-3-7-13-23/h2-15,25-26,28H,16-21H2,1H3,(H,33,34)/t25-,26?/m1/s1. The van der Waals surface area contributed by atoms with Crippen molar-refractivity contribution in [2.24, 2.45) is 0 Å². The molecule has 2 atom stereocenters. The number of nitrogens with zero attached hydrogens (tertiary/aromatic N) is 3. The summed E-state index contributed by atoms with van der Waals surface area (Å²) < 4.78 is 5.63. The summed E-state index contributed by atoms with van der Waals surface area (Å²) in [6.07, 6.45) is -0.828. The smallest absolute Gasteiger partial charge is 0.407 e. The summed E-state index contributed by atoms with van der Waals surface area (Å²) in [7, 11) is 1.71.